The van der Waals surface area contributed by atoms with Crippen molar-refractivity contribution < 1.29 is 17.5 Å². The summed E-state index contributed by atoms with van der Waals surface area (Å²) in [6.45, 7) is 1.97. The van der Waals surface area contributed by atoms with Gasteiger partial charge in [-0.15, -0.1) is 0 Å². The summed E-state index contributed by atoms with van der Waals surface area (Å²) in [5, 5.41) is 3.03. The molecule has 154 valence electrons. The van der Waals surface area contributed by atoms with E-state index in [9.17, 15) is 12.8 Å². The van der Waals surface area contributed by atoms with Crippen LogP contribution in [0.3, 0.4) is 0 Å². The molecule has 0 atom stereocenters. The monoisotopic (exact) mass is 425 g/mol. The molecule has 3 aromatic rings. The molecule has 30 heavy (non-hydrogen) atoms. The number of hydrogen-bond donors (Lipinski definition) is 1. The molecule has 2 aromatic carbocycles. The van der Waals surface area contributed by atoms with Gasteiger partial charge in [0.05, 0.1) is 5.75 Å². The van der Waals surface area contributed by atoms with Gasteiger partial charge in [-0.1, -0.05) is 29.8 Å². The van der Waals surface area contributed by atoms with E-state index in [2.05, 4.69) is 15.3 Å². The lowest BCUT2D eigenvalue weighted by atomic mass is 10.1. The van der Waals surface area contributed by atoms with Gasteiger partial charge in [-0.25, -0.2) is 17.8 Å². The van der Waals surface area contributed by atoms with Crippen LogP contribution < -0.4 is 10.1 Å². The van der Waals surface area contributed by atoms with Gasteiger partial charge in [-0.2, -0.15) is 4.98 Å². The first-order valence-electron chi connectivity index (χ1n) is 9.30. The summed E-state index contributed by atoms with van der Waals surface area (Å²) in [5.41, 5.74) is 4.00. The largest absolute Gasteiger partial charge is 0.436 e. The lowest BCUT2D eigenvalue weighted by molar-refractivity contribution is 0.426. The van der Waals surface area contributed by atoms with Gasteiger partial charge < -0.3 is 10.1 Å². The van der Waals surface area contributed by atoms with Crippen molar-refractivity contribution in [3.63, 3.8) is 0 Å². The summed E-state index contributed by atoms with van der Waals surface area (Å²) < 4.78 is 43.2. The standard InChI is InChI=1S/C22H20FN3O3S/c1-14-11-16-5-8-19(21(23)18(16)12-14)29-20-9-10-24-22(26-20)25-17-6-3-15(4-7-17)13-30(2,27)28/h3-10,12H,11,13H2,1-2H3,(H,24,25,26). The molecule has 1 N–H and O–H groups in total. The number of nitrogens with one attached hydrogen (secondary N) is 1. The van der Waals surface area contributed by atoms with Crippen molar-refractivity contribution in [2.24, 2.45) is 0 Å². The summed E-state index contributed by atoms with van der Waals surface area (Å²) in [6.07, 6.45) is 5.28. The van der Waals surface area contributed by atoms with Gasteiger partial charge in [-0.05, 0) is 42.7 Å². The molecule has 0 amide bonds. The maximum absolute atomic E-state index is 14.8. The van der Waals surface area contributed by atoms with Gasteiger partial charge >= 0.3 is 0 Å². The first-order valence-corrected chi connectivity index (χ1v) is 11.4. The van der Waals surface area contributed by atoms with Crippen LogP contribution in [0.25, 0.3) is 6.08 Å². The van der Waals surface area contributed by atoms with Crippen molar-refractivity contribution in [3.8, 4) is 11.6 Å². The Balaban J connectivity index is 1.49. The number of sulfone groups is 1. The lowest BCUT2D eigenvalue weighted by Gasteiger charge is -2.10. The second-order valence-electron chi connectivity index (χ2n) is 7.33. The molecule has 4 rings (SSSR count). The third-order valence-electron chi connectivity index (χ3n) is 4.58. The summed E-state index contributed by atoms with van der Waals surface area (Å²) >= 11 is 0. The minimum atomic E-state index is -3.09. The smallest absolute Gasteiger partial charge is 0.230 e. The van der Waals surface area contributed by atoms with Gasteiger partial charge in [-0.3, -0.25) is 0 Å². The molecule has 1 aliphatic rings. The van der Waals surface area contributed by atoms with Crippen LogP contribution in [-0.4, -0.2) is 24.6 Å². The summed E-state index contributed by atoms with van der Waals surface area (Å²) in [4.78, 5) is 8.42. The van der Waals surface area contributed by atoms with Crippen LogP contribution in [0, 0.1) is 5.82 Å². The quantitative estimate of drug-likeness (QED) is 0.619. The van der Waals surface area contributed by atoms with Crippen molar-refractivity contribution in [2.75, 3.05) is 11.6 Å². The molecular weight excluding hydrogens is 405 g/mol. The maximum atomic E-state index is 14.8. The SMILES string of the molecule is CC1=Cc2c(ccc(Oc3ccnc(Nc4ccc(CS(C)(=O)=O)cc4)n3)c2F)C1. The Morgan fingerprint density at radius 2 is 1.90 bits per heavy atom. The van der Waals surface area contributed by atoms with Crippen LogP contribution in [0.4, 0.5) is 16.0 Å². The fourth-order valence-corrected chi connectivity index (χ4v) is 4.09. The normalized spacial score (nSPS) is 13.0. The van der Waals surface area contributed by atoms with E-state index in [1.165, 1.54) is 12.5 Å². The topological polar surface area (TPSA) is 81.2 Å². The highest BCUT2D eigenvalue weighted by Crippen LogP contribution is 2.34. The summed E-state index contributed by atoms with van der Waals surface area (Å²) in [6, 6.07) is 11.9. The highest BCUT2D eigenvalue weighted by Gasteiger charge is 2.18. The van der Waals surface area contributed by atoms with E-state index in [1.54, 1.807) is 36.4 Å². The zero-order chi connectivity index (χ0) is 21.3. The number of allylic oxidation sites excluding steroid dienone is 1. The van der Waals surface area contributed by atoms with Gasteiger partial charge in [0.1, 0.15) is 0 Å². The van der Waals surface area contributed by atoms with E-state index in [0.29, 0.717) is 16.8 Å². The number of hydrogen-bond acceptors (Lipinski definition) is 6. The number of halogens is 1. The molecule has 0 aliphatic heterocycles. The molecule has 0 saturated carbocycles. The van der Waals surface area contributed by atoms with E-state index in [-0.39, 0.29) is 23.3 Å². The van der Waals surface area contributed by atoms with Gasteiger partial charge in [0.15, 0.2) is 21.4 Å². The van der Waals surface area contributed by atoms with E-state index >= 15 is 0 Å². The highest BCUT2D eigenvalue weighted by molar-refractivity contribution is 7.89. The molecule has 1 heterocycles. The highest BCUT2D eigenvalue weighted by atomic mass is 32.2. The van der Waals surface area contributed by atoms with Gasteiger partial charge in [0, 0.05) is 29.8 Å². The molecule has 0 fully saturated rings. The van der Waals surface area contributed by atoms with Crippen molar-refractivity contribution in [3.05, 3.63) is 76.7 Å². The fraction of sp³-hybridized carbons (Fsp3) is 0.182. The Hall–Kier alpha value is -3.26. The van der Waals surface area contributed by atoms with Gasteiger partial charge in [0.25, 0.3) is 0 Å². The molecule has 0 saturated heterocycles. The molecule has 0 unspecified atom stereocenters. The molecule has 0 radical (unpaired) electrons. The van der Waals surface area contributed by atoms with E-state index in [0.717, 1.165) is 17.6 Å². The number of anilines is 2. The van der Waals surface area contributed by atoms with Crippen LogP contribution in [0.1, 0.15) is 23.6 Å². The Bertz CT molecular complexity index is 1240. The fourth-order valence-electron chi connectivity index (χ4n) is 3.29. The Kier molecular flexibility index (Phi) is 5.26. The zero-order valence-electron chi connectivity index (χ0n) is 16.5. The Morgan fingerprint density at radius 1 is 1.13 bits per heavy atom. The number of rotatable bonds is 6. The third kappa shape index (κ3) is 4.65. The second kappa shape index (κ2) is 7.87. The minimum absolute atomic E-state index is 0.0197. The Labute approximate surface area is 174 Å². The average Bonchev–Trinajstić information content (AvgIpc) is 3.06. The van der Waals surface area contributed by atoms with Crippen LogP contribution in [0.2, 0.25) is 0 Å². The van der Waals surface area contributed by atoms with Crippen LogP contribution in [-0.2, 0) is 22.0 Å². The number of nitrogens with zero attached hydrogens (tertiary/aromatic N) is 2. The first-order chi connectivity index (χ1) is 14.3. The lowest BCUT2D eigenvalue weighted by Crippen LogP contribution is -2.02. The molecule has 1 aromatic heterocycles. The summed E-state index contributed by atoms with van der Waals surface area (Å²) in [5.74, 6) is 0.168. The molecule has 1 aliphatic carbocycles. The van der Waals surface area contributed by atoms with Crippen molar-refractivity contribution in [1.82, 2.24) is 9.97 Å². The second-order valence-corrected chi connectivity index (χ2v) is 9.47. The molecular formula is C22H20FN3O3S. The predicted octanol–water partition coefficient (Wildman–Crippen LogP) is 4.66. The minimum Gasteiger partial charge on any atom is -0.436 e. The van der Waals surface area contributed by atoms with Crippen LogP contribution in [0.15, 0.2) is 54.2 Å². The van der Waals surface area contributed by atoms with Crippen LogP contribution >= 0.6 is 0 Å². The number of fused-ring (bicyclic) bond motifs is 1. The predicted molar refractivity (Wildman–Crippen MR) is 114 cm³/mol. The van der Waals surface area contributed by atoms with Crippen LogP contribution in [0.5, 0.6) is 11.6 Å². The maximum Gasteiger partial charge on any atom is 0.230 e. The van der Waals surface area contributed by atoms with E-state index in [4.69, 9.17) is 4.74 Å². The Morgan fingerprint density at radius 3 is 2.63 bits per heavy atom. The number of benzene rings is 2. The molecule has 0 spiro atoms. The molecule has 0 bridgehead atoms. The third-order valence-corrected chi connectivity index (χ3v) is 5.44. The van der Waals surface area contributed by atoms with E-state index < -0.39 is 15.7 Å². The molecule has 6 nitrogen and oxygen atoms in total. The zero-order valence-corrected chi connectivity index (χ0v) is 17.3. The molecule has 8 heteroatoms. The van der Waals surface area contributed by atoms with Gasteiger partial charge in [0.2, 0.25) is 11.8 Å². The van der Waals surface area contributed by atoms with E-state index in [1.807, 2.05) is 19.1 Å². The number of aromatic nitrogens is 2. The van der Waals surface area contributed by atoms with Crippen molar-refractivity contribution >= 4 is 27.5 Å². The van der Waals surface area contributed by atoms with Crippen molar-refractivity contribution in [1.29, 1.82) is 0 Å². The summed E-state index contributed by atoms with van der Waals surface area (Å²) in [7, 11) is -3.09. The average molecular weight is 425 g/mol. The number of ether oxygens (including phenoxy) is 1. The van der Waals surface area contributed by atoms with Crippen molar-refractivity contribution in [2.45, 2.75) is 19.1 Å². The first kappa shape index (κ1) is 20.0.